The van der Waals surface area contributed by atoms with Crippen LogP contribution in [0.3, 0.4) is 0 Å². The Morgan fingerprint density at radius 3 is 3.00 bits per heavy atom. The molecule has 0 saturated carbocycles. The SMILES string of the molecule is CC(CN)CCC(=O)Nc1cc(Cl)ccc1-n1cccn1. The predicted octanol–water partition coefficient (Wildman–Crippen LogP) is 2.84. The molecule has 1 heterocycles. The van der Waals surface area contributed by atoms with E-state index in [0.717, 1.165) is 12.1 Å². The number of nitrogens with zero attached hydrogens (tertiary/aromatic N) is 2. The average molecular weight is 307 g/mol. The molecule has 1 unspecified atom stereocenters. The van der Waals surface area contributed by atoms with Gasteiger partial charge in [0, 0.05) is 23.8 Å². The number of halogens is 1. The third-order valence-electron chi connectivity index (χ3n) is 3.25. The molecule has 1 amide bonds. The van der Waals surface area contributed by atoms with Crippen molar-refractivity contribution in [2.75, 3.05) is 11.9 Å². The largest absolute Gasteiger partial charge is 0.330 e. The van der Waals surface area contributed by atoms with Crippen molar-refractivity contribution in [2.24, 2.45) is 11.7 Å². The summed E-state index contributed by atoms with van der Waals surface area (Å²) in [6.07, 6.45) is 4.70. The molecule has 6 heteroatoms. The van der Waals surface area contributed by atoms with Crippen molar-refractivity contribution in [1.82, 2.24) is 9.78 Å². The number of carbonyl (C=O) groups excluding carboxylic acids is 1. The molecule has 3 N–H and O–H groups in total. The lowest BCUT2D eigenvalue weighted by Gasteiger charge is -2.13. The number of nitrogens with two attached hydrogens (primary N) is 1. The molecule has 1 aromatic heterocycles. The quantitative estimate of drug-likeness (QED) is 0.862. The third-order valence-corrected chi connectivity index (χ3v) is 3.49. The lowest BCUT2D eigenvalue weighted by molar-refractivity contribution is -0.116. The van der Waals surface area contributed by atoms with Gasteiger partial charge in [0.15, 0.2) is 0 Å². The van der Waals surface area contributed by atoms with E-state index >= 15 is 0 Å². The van der Waals surface area contributed by atoms with E-state index in [9.17, 15) is 4.79 Å². The molecule has 0 bridgehead atoms. The van der Waals surface area contributed by atoms with Gasteiger partial charge in [0.2, 0.25) is 5.91 Å². The van der Waals surface area contributed by atoms with Gasteiger partial charge < -0.3 is 11.1 Å². The molecular weight excluding hydrogens is 288 g/mol. The Labute approximate surface area is 129 Å². The summed E-state index contributed by atoms with van der Waals surface area (Å²) in [7, 11) is 0. The standard InChI is InChI=1S/C15H19ClN4O/c1-11(10-17)3-6-15(21)19-13-9-12(16)4-5-14(13)20-8-2-7-18-20/h2,4-5,7-9,11H,3,6,10,17H2,1H3,(H,19,21). The number of nitrogens with one attached hydrogen (secondary N) is 1. The van der Waals surface area contributed by atoms with Gasteiger partial charge in [-0.3, -0.25) is 4.79 Å². The van der Waals surface area contributed by atoms with Crippen molar-refractivity contribution >= 4 is 23.2 Å². The molecule has 2 rings (SSSR count). The van der Waals surface area contributed by atoms with E-state index in [1.807, 2.05) is 25.3 Å². The summed E-state index contributed by atoms with van der Waals surface area (Å²) in [5.41, 5.74) is 6.99. The van der Waals surface area contributed by atoms with Gasteiger partial charge in [0.1, 0.15) is 0 Å². The molecule has 1 atom stereocenters. The van der Waals surface area contributed by atoms with E-state index in [1.165, 1.54) is 0 Å². The molecule has 21 heavy (non-hydrogen) atoms. The first-order valence-electron chi connectivity index (χ1n) is 6.89. The topological polar surface area (TPSA) is 72.9 Å². The number of carbonyl (C=O) groups is 1. The first kappa shape index (κ1) is 15.5. The number of hydrogen-bond donors (Lipinski definition) is 2. The smallest absolute Gasteiger partial charge is 0.224 e. The summed E-state index contributed by atoms with van der Waals surface area (Å²) in [4.78, 5) is 12.0. The Bertz CT molecular complexity index is 598. The monoisotopic (exact) mass is 306 g/mol. The van der Waals surface area contributed by atoms with Gasteiger partial charge in [-0.05, 0) is 43.1 Å². The van der Waals surface area contributed by atoms with Gasteiger partial charge in [-0.1, -0.05) is 18.5 Å². The van der Waals surface area contributed by atoms with Crippen molar-refractivity contribution in [1.29, 1.82) is 0 Å². The Morgan fingerprint density at radius 1 is 1.52 bits per heavy atom. The fourth-order valence-corrected chi connectivity index (χ4v) is 2.10. The maximum absolute atomic E-state index is 12.0. The molecule has 0 fully saturated rings. The summed E-state index contributed by atoms with van der Waals surface area (Å²) in [6, 6.07) is 7.14. The second-order valence-corrected chi connectivity index (χ2v) is 5.48. The van der Waals surface area contributed by atoms with Crippen LogP contribution in [0.25, 0.3) is 5.69 Å². The van der Waals surface area contributed by atoms with Crippen molar-refractivity contribution < 1.29 is 4.79 Å². The molecule has 0 saturated heterocycles. The van der Waals surface area contributed by atoms with Gasteiger partial charge in [-0.25, -0.2) is 4.68 Å². The van der Waals surface area contributed by atoms with Crippen LogP contribution in [0.5, 0.6) is 0 Å². The second-order valence-electron chi connectivity index (χ2n) is 5.04. The number of hydrogen-bond acceptors (Lipinski definition) is 3. The summed E-state index contributed by atoms with van der Waals surface area (Å²) >= 11 is 6.01. The Hall–Kier alpha value is -1.85. The lowest BCUT2D eigenvalue weighted by Crippen LogP contribution is -2.17. The van der Waals surface area contributed by atoms with E-state index in [4.69, 9.17) is 17.3 Å². The third kappa shape index (κ3) is 4.31. The summed E-state index contributed by atoms with van der Waals surface area (Å²) in [5, 5.41) is 7.64. The molecule has 0 radical (unpaired) electrons. The van der Waals surface area contributed by atoms with Gasteiger partial charge >= 0.3 is 0 Å². The van der Waals surface area contributed by atoms with Crippen LogP contribution in [0.15, 0.2) is 36.7 Å². The molecule has 112 valence electrons. The van der Waals surface area contributed by atoms with Crippen LogP contribution in [0, 0.1) is 5.92 Å². The van der Waals surface area contributed by atoms with Gasteiger partial charge in [0.05, 0.1) is 11.4 Å². The van der Waals surface area contributed by atoms with Crippen molar-refractivity contribution in [2.45, 2.75) is 19.8 Å². The number of anilines is 1. The highest BCUT2D eigenvalue weighted by molar-refractivity contribution is 6.31. The van der Waals surface area contributed by atoms with Crippen LogP contribution in [0.2, 0.25) is 5.02 Å². The zero-order valence-electron chi connectivity index (χ0n) is 11.9. The summed E-state index contributed by atoms with van der Waals surface area (Å²) in [5.74, 6) is 0.284. The van der Waals surface area contributed by atoms with Gasteiger partial charge in [0.25, 0.3) is 0 Å². The molecule has 0 aliphatic heterocycles. The number of amides is 1. The molecule has 1 aromatic carbocycles. The van der Waals surface area contributed by atoms with Crippen LogP contribution < -0.4 is 11.1 Å². The highest BCUT2D eigenvalue weighted by Gasteiger charge is 2.11. The number of rotatable bonds is 6. The Balaban J connectivity index is 2.12. The average Bonchev–Trinajstić information content (AvgIpc) is 2.99. The van der Waals surface area contributed by atoms with E-state index in [0.29, 0.717) is 29.6 Å². The van der Waals surface area contributed by atoms with Gasteiger partial charge in [-0.15, -0.1) is 0 Å². The second kappa shape index (κ2) is 7.24. The highest BCUT2D eigenvalue weighted by atomic mass is 35.5. The van der Waals surface area contributed by atoms with Crippen molar-refractivity contribution in [3.63, 3.8) is 0 Å². The van der Waals surface area contributed by atoms with E-state index in [-0.39, 0.29) is 5.91 Å². The first-order valence-corrected chi connectivity index (χ1v) is 7.27. The van der Waals surface area contributed by atoms with Crippen LogP contribution in [-0.2, 0) is 4.79 Å². The Kier molecular flexibility index (Phi) is 5.36. The van der Waals surface area contributed by atoms with E-state index < -0.39 is 0 Å². The fraction of sp³-hybridized carbons (Fsp3) is 0.333. The summed E-state index contributed by atoms with van der Waals surface area (Å²) < 4.78 is 1.69. The van der Waals surface area contributed by atoms with E-state index in [2.05, 4.69) is 10.4 Å². The van der Waals surface area contributed by atoms with E-state index in [1.54, 1.807) is 23.0 Å². The van der Waals surface area contributed by atoms with Gasteiger partial charge in [-0.2, -0.15) is 5.10 Å². The molecular formula is C15H19ClN4O. The van der Waals surface area contributed by atoms with Crippen LogP contribution in [0.1, 0.15) is 19.8 Å². The van der Waals surface area contributed by atoms with Crippen molar-refractivity contribution in [3.8, 4) is 5.69 Å². The normalized spacial score (nSPS) is 12.1. The molecule has 5 nitrogen and oxygen atoms in total. The lowest BCUT2D eigenvalue weighted by atomic mass is 10.1. The number of aromatic nitrogens is 2. The molecule has 0 spiro atoms. The highest BCUT2D eigenvalue weighted by Crippen LogP contribution is 2.24. The summed E-state index contributed by atoms with van der Waals surface area (Å²) in [6.45, 7) is 2.62. The van der Waals surface area contributed by atoms with Crippen LogP contribution in [-0.4, -0.2) is 22.2 Å². The predicted molar refractivity (Wildman–Crippen MR) is 84.7 cm³/mol. The minimum absolute atomic E-state index is 0.0500. The fourth-order valence-electron chi connectivity index (χ4n) is 1.93. The minimum atomic E-state index is -0.0500. The number of benzene rings is 1. The van der Waals surface area contributed by atoms with Crippen LogP contribution in [0.4, 0.5) is 5.69 Å². The minimum Gasteiger partial charge on any atom is -0.330 e. The zero-order chi connectivity index (χ0) is 15.2. The first-order chi connectivity index (χ1) is 10.1. The Morgan fingerprint density at radius 2 is 2.33 bits per heavy atom. The maximum Gasteiger partial charge on any atom is 0.224 e. The van der Waals surface area contributed by atoms with Crippen LogP contribution >= 0.6 is 11.6 Å². The molecule has 0 aliphatic rings. The zero-order valence-corrected chi connectivity index (χ0v) is 12.7. The molecule has 2 aromatic rings. The molecule has 0 aliphatic carbocycles. The maximum atomic E-state index is 12.0. The van der Waals surface area contributed by atoms with Crippen molar-refractivity contribution in [3.05, 3.63) is 41.7 Å².